The Morgan fingerprint density at radius 1 is 0.283 bits per heavy atom. The molecule has 28 nitrogen and oxygen atoms in total. The zero-order valence-corrected chi connectivity index (χ0v) is 42.0. The summed E-state index contributed by atoms with van der Waals surface area (Å²) >= 11 is 0. The number of carboxylic acid groups (broad SMARTS) is 12. The molecule has 0 spiro atoms. The molecule has 32 heteroatoms. The van der Waals surface area contributed by atoms with Crippen molar-refractivity contribution in [3.05, 3.63) is 0 Å². The molecular weight excluding hydrogens is 868 g/mol. The van der Waals surface area contributed by atoms with Crippen LogP contribution in [0.5, 0.6) is 0 Å². The summed E-state index contributed by atoms with van der Waals surface area (Å²) in [7, 11) is 0. The van der Waals surface area contributed by atoms with Gasteiger partial charge in [-0.1, -0.05) is 0 Å². The summed E-state index contributed by atoms with van der Waals surface area (Å²) in [5.74, 6) is -15.1. The van der Waals surface area contributed by atoms with E-state index < -0.39 is 148 Å². The molecule has 0 heterocycles. The SMILES string of the molecule is CC(C(=O)O)N(CC(=O)O)CC(=O)O.CC(C(=O)O)N(CC(=O)O)CC(=O)O.CC(C(=O)O)N(CC(=O)O)CC(=O)O.CC(C(=O)O)N(CC(=O)O)CC(=O)O.[H-].[H-].[H-].[H-].[Na+].[Na+].[Na+].[Na+]. The second kappa shape index (κ2) is 40.5. The van der Waals surface area contributed by atoms with Gasteiger partial charge in [0.1, 0.15) is 24.2 Å². The number of aliphatic carboxylic acids is 12. The summed E-state index contributed by atoms with van der Waals surface area (Å²) < 4.78 is 0. The normalized spacial score (nSPS) is 11.6. The first-order valence-electron chi connectivity index (χ1n) is 15.0. The minimum atomic E-state index is -1.26. The van der Waals surface area contributed by atoms with Crippen molar-refractivity contribution in [2.45, 2.75) is 51.9 Å². The molecule has 328 valence electrons. The van der Waals surface area contributed by atoms with Crippen LogP contribution in [-0.2, 0) is 57.5 Å². The van der Waals surface area contributed by atoms with Crippen molar-refractivity contribution >= 4 is 71.6 Å². The predicted octanol–water partition coefficient (Wildman–Crippen LogP) is -15.8. The van der Waals surface area contributed by atoms with Gasteiger partial charge in [-0.2, -0.15) is 0 Å². The van der Waals surface area contributed by atoms with Gasteiger partial charge in [-0.25, -0.2) is 0 Å². The number of carboxylic acids is 12. The Bertz CT molecular complexity index is 1190. The molecule has 0 aromatic rings. The molecular formula is C28H48N4Na4O24. The van der Waals surface area contributed by atoms with Crippen molar-refractivity contribution in [1.29, 1.82) is 0 Å². The molecule has 12 N–H and O–H groups in total. The predicted molar refractivity (Wildman–Crippen MR) is 180 cm³/mol. The zero-order valence-electron chi connectivity index (χ0n) is 38.0. The van der Waals surface area contributed by atoms with Crippen LogP contribution in [0.3, 0.4) is 0 Å². The summed E-state index contributed by atoms with van der Waals surface area (Å²) in [6, 6.07) is -4.55. The summed E-state index contributed by atoms with van der Waals surface area (Å²) in [5.41, 5.74) is 0. The Morgan fingerprint density at radius 3 is 0.417 bits per heavy atom. The molecule has 0 aromatic carbocycles. The van der Waals surface area contributed by atoms with Crippen molar-refractivity contribution in [3.63, 3.8) is 0 Å². The molecule has 60 heavy (non-hydrogen) atoms. The average Bonchev–Trinajstić information content (AvgIpc) is 3.00. The first kappa shape index (κ1) is 74.9. The molecule has 0 aliphatic rings. The van der Waals surface area contributed by atoms with Crippen molar-refractivity contribution in [2.24, 2.45) is 0 Å². The van der Waals surface area contributed by atoms with Crippen molar-refractivity contribution in [3.8, 4) is 0 Å². The van der Waals surface area contributed by atoms with Gasteiger partial charge in [0.15, 0.2) is 0 Å². The van der Waals surface area contributed by atoms with Gasteiger partial charge in [-0.05, 0) is 27.7 Å². The van der Waals surface area contributed by atoms with Crippen LogP contribution in [0.25, 0.3) is 0 Å². The Balaban J connectivity index is -0.0000000541. The Hall–Kier alpha value is -2.52. The van der Waals surface area contributed by atoms with Gasteiger partial charge in [0.2, 0.25) is 0 Å². The summed E-state index contributed by atoms with van der Waals surface area (Å²) in [5, 5.41) is 101. The third-order valence-corrected chi connectivity index (χ3v) is 6.33. The average molecular weight is 917 g/mol. The molecule has 0 aliphatic heterocycles. The van der Waals surface area contributed by atoms with Crippen LogP contribution < -0.4 is 118 Å². The molecule has 0 bridgehead atoms. The van der Waals surface area contributed by atoms with Gasteiger partial charge in [-0.3, -0.25) is 77.1 Å². The van der Waals surface area contributed by atoms with E-state index in [9.17, 15) is 57.5 Å². The van der Waals surface area contributed by atoms with Gasteiger partial charge in [0.05, 0.1) is 52.4 Å². The van der Waals surface area contributed by atoms with E-state index in [0.717, 1.165) is 19.6 Å². The largest absolute Gasteiger partial charge is 1.00 e. The first-order valence-corrected chi connectivity index (χ1v) is 15.0. The third kappa shape index (κ3) is 43.6. The van der Waals surface area contributed by atoms with Crippen LogP contribution in [0, 0.1) is 0 Å². The second-order valence-electron chi connectivity index (χ2n) is 10.8. The standard InChI is InChI=1S/4C7H11NO6.4Na.4H/c4*1-4(7(13)14)8(2-5(9)10)3-6(11)12;;;;;;;;/h4*4H,2-3H2,1H3,(H,9,10)(H,11,12)(H,13,14);;;;;;;;/q;;;;4*+1;4*-1. The molecule has 0 amide bonds. The minimum Gasteiger partial charge on any atom is -1.00 e. The summed E-state index contributed by atoms with van der Waals surface area (Å²) in [6.07, 6.45) is 0. The number of hydrogen-bond acceptors (Lipinski definition) is 16. The fourth-order valence-electron chi connectivity index (χ4n) is 3.33. The molecule has 0 radical (unpaired) electrons. The monoisotopic (exact) mass is 916 g/mol. The minimum absolute atomic E-state index is 0. The second-order valence-corrected chi connectivity index (χ2v) is 10.8. The fourth-order valence-corrected chi connectivity index (χ4v) is 3.33. The van der Waals surface area contributed by atoms with Gasteiger partial charge < -0.3 is 67.0 Å². The number of rotatable bonds is 24. The number of nitrogens with zero attached hydrogens (tertiary/aromatic N) is 4. The van der Waals surface area contributed by atoms with Crippen LogP contribution in [0.2, 0.25) is 0 Å². The van der Waals surface area contributed by atoms with E-state index in [2.05, 4.69) is 0 Å². The molecule has 0 aromatic heterocycles. The molecule has 0 saturated heterocycles. The van der Waals surface area contributed by atoms with Crippen molar-refractivity contribution in [2.75, 3.05) is 52.4 Å². The van der Waals surface area contributed by atoms with E-state index in [-0.39, 0.29) is 124 Å². The van der Waals surface area contributed by atoms with Crippen LogP contribution in [-0.4, -0.2) is 229 Å². The third-order valence-electron chi connectivity index (χ3n) is 6.33. The van der Waals surface area contributed by atoms with Crippen molar-refractivity contribution in [1.82, 2.24) is 19.6 Å². The topological polar surface area (TPSA) is 461 Å². The van der Waals surface area contributed by atoms with E-state index >= 15 is 0 Å². The molecule has 4 atom stereocenters. The smallest absolute Gasteiger partial charge is 1.00 e. The fraction of sp³-hybridized carbons (Fsp3) is 0.571. The van der Waals surface area contributed by atoms with E-state index in [1.54, 1.807) is 0 Å². The molecule has 0 saturated carbocycles. The molecule has 0 rings (SSSR count). The summed E-state index contributed by atoms with van der Waals surface area (Å²) in [6.45, 7) is 0.0307. The van der Waals surface area contributed by atoms with E-state index in [1.165, 1.54) is 27.7 Å². The maximum Gasteiger partial charge on any atom is 1.00 e. The Morgan fingerprint density at radius 2 is 0.367 bits per heavy atom. The van der Waals surface area contributed by atoms with Crippen LogP contribution in [0.15, 0.2) is 0 Å². The Labute approximate surface area is 434 Å². The van der Waals surface area contributed by atoms with Gasteiger partial charge >= 0.3 is 190 Å². The van der Waals surface area contributed by atoms with Crippen LogP contribution in [0.1, 0.15) is 33.4 Å². The van der Waals surface area contributed by atoms with Crippen LogP contribution >= 0.6 is 0 Å². The molecule has 4 unspecified atom stereocenters. The van der Waals surface area contributed by atoms with Gasteiger partial charge in [-0.15, -0.1) is 0 Å². The quantitative estimate of drug-likeness (QED) is 0.0400. The maximum absolute atomic E-state index is 10.5. The van der Waals surface area contributed by atoms with E-state index in [1.807, 2.05) is 0 Å². The molecule has 0 fully saturated rings. The Kier molecular flexibility index (Phi) is 50.6. The zero-order chi connectivity index (χ0) is 45.2. The van der Waals surface area contributed by atoms with E-state index in [0.29, 0.717) is 0 Å². The van der Waals surface area contributed by atoms with Gasteiger partial charge in [0.25, 0.3) is 0 Å². The van der Waals surface area contributed by atoms with Crippen LogP contribution in [0.4, 0.5) is 0 Å². The number of hydrogen-bond donors (Lipinski definition) is 12. The summed E-state index contributed by atoms with van der Waals surface area (Å²) in [4.78, 5) is 128. The van der Waals surface area contributed by atoms with E-state index in [4.69, 9.17) is 61.3 Å². The number of carbonyl (C=O) groups is 12. The van der Waals surface area contributed by atoms with Crippen molar-refractivity contribution < 1.29 is 243 Å². The molecule has 0 aliphatic carbocycles. The first-order chi connectivity index (χ1) is 25.4. The van der Waals surface area contributed by atoms with Gasteiger partial charge in [0, 0.05) is 0 Å². The maximum atomic E-state index is 10.5.